The lowest BCUT2D eigenvalue weighted by Crippen LogP contribution is -2.30. The summed E-state index contributed by atoms with van der Waals surface area (Å²) in [5.41, 5.74) is 2.13. The maximum Gasteiger partial charge on any atom is 0.320 e. The van der Waals surface area contributed by atoms with E-state index in [-0.39, 0.29) is 17.6 Å². The molecule has 2 aliphatic rings. The van der Waals surface area contributed by atoms with Crippen molar-refractivity contribution in [2.75, 3.05) is 20.1 Å². The number of urea groups is 1. The summed E-state index contributed by atoms with van der Waals surface area (Å²) in [5.74, 6) is 0. The van der Waals surface area contributed by atoms with E-state index in [2.05, 4.69) is 6.08 Å². The van der Waals surface area contributed by atoms with Gasteiger partial charge in [-0.3, -0.25) is 4.79 Å². The number of hydrogen-bond acceptors (Lipinski definition) is 2. The highest BCUT2D eigenvalue weighted by atomic mass is 16.2. The van der Waals surface area contributed by atoms with Crippen molar-refractivity contribution in [2.45, 2.75) is 6.04 Å². The molecule has 5 nitrogen and oxygen atoms in total. The summed E-state index contributed by atoms with van der Waals surface area (Å²) in [6, 6.07) is 3.58. The van der Waals surface area contributed by atoms with Gasteiger partial charge in [-0.05, 0) is 17.2 Å². The number of aryl methyl sites for hydroxylation is 1. The lowest BCUT2D eigenvalue weighted by Gasteiger charge is -2.23. The summed E-state index contributed by atoms with van der Waals surface area (Å²) in [6.07, 6.45) is 3.91. The molecule has 1 aromatic heterocycles. The topological polar surface area (TPSA) is 45.6 Å². The van der Waals surface area contributed by atoms with Gasteiger partial charge >= 0.3 is 6.03 Å². The smallest absolute Gasteiger partial charge is 0.319 e. The highest BCUT2D eigenvalue weighted by Crippen LogP contribution is 2.30. The second kappa shape index (κ2) is 3.73. The summed E-state index contributed by atoms with van der Waals surface area (Å²) in [5, 5.41) is 0. The number of likely N-dealkylation sites (N-methyl/N-ethyl adjacent to an activating group) is 1. The fourth-order valence-electron chi connectivity index (χ4n) is 2.64. The first-order valence-electron chi connectivity index (χ1n) is 5.97. The summed E-state index contributed by atoms with van der Waals surface area (Å²) in [4.78, 5) is 26.8. The van der Waals surface area contributed by atoms with E-state index >= 15 is 0 Å². The molecule has 5 heteroatoms. The van der Waals surface area contributed by atoms with Gasteiger partial charge in [-0.25, -0.2) is 4.79 Å². The number of carbonyl (C=O) groups excluding carboxylic acids is 1. The molecule has 3 heterocycles. The predicted molar refractivity (Wildman–Crippen MR) is 68.2 cm³/mol. The van der Waals surface area contributed by atoms with E-state index in [4.69, 9.17) is 0 Å². The van der Waals surface area contributed by atoms with Crippen LogP contribution in [-0.4, -0.2) is 46.6 Å². The van der Waals surface area contributed by atoms with Crippen molar-refractivity contribution in [1.29, 1.82) is 0 Å². The first-order valence-corrected chi connectivity index (χ1v) is 5.97. The van der Waals surface area contributed by atoms with Crippen LogP contribution in [0.2, 0.25) is 0 Å². The van der Waals surface area contributed by atoms with E-state index in [1.165, 1.54) is 0 Å². The zero-order chi connectivity index (χ0) is 12.9. The monoisotopic (exact) mass is 245 g/mol. The molecule has 0 aromatic carbocycles. The molecule has 2 bridgehead atoms. The molecule has 0 radical (unpaired) electrons. The molecule has 0 N–H and O–H groups in total. The third-order valence-corrected chi connectivity index (χ3v) is 3.74. The zero-order valence-electron chi connectivity index (χ0n) is 10.5. The molecule has 18 heavy (non-hydrogen) atoms. The van der Waals surface area contributed by atoms with Crippen LogP contribution in [0, 0.1) is 0 Å². The first-order chi connectivity index (χ1) is 8.58. The third kappa shape index (κ3) is 1.47. The molecule has 0 saturated carbocycles. The van der Waals surface area contributed by atoms with Crippen LogP contribution < -0.4 is 5.56 Å². The Morgan fingerprint density at radius 2 is 2.00 bits per heavy atom. The van der Waals surface area contributed by atoms with E-state index in [9.17, 15) is 9.59 Å². The Kier molecular flexibility index (Phi) is 2.29. The molecule has 1 unspecified atom stereocenters. The number of fused-ring (bicyclic) bond motifs is 2. The van der Waals surface area contributed by atoms with Gasteiger partial charge in [0.15, 0.2) is 0 Å². The van der Waals surface area contributed by atoms with Crippen LogP contribution in [-0.2, 0) is 7.05 Å². The SMILES string of the molecule is CN1C(=O)N2CC=C(c3ccc(=O)n(C)c3)C1C2. The normalized spacial score (nSPS) is 22.4. The second-order valence-electron chi connectivity index (χ2n) is 4.84. The summed E-state index contributed by atoms with van der Waals surface area (Å²) >= 11 is 0. The van der Waals surface area contributed by atoms with Crippen molar-refractivity contribution in [3.63, 3.8) is 0 Å². The number of hydrogen-bond donors (Lipinski definition) is 0. The van der Waals surface area contributed by atoms with Crippen LogP contribution in [0.5, 0.6) is 0 Å². The summed E-state index contributed by atoms with van der Waals surface area (Å²) in [7, 11) is 3.57. The lowest BCUT2D eigenvalue weighted by molar-refractivity contribution is 0.202. The number of rotatable bonds is 1. The number of amides is 2. The Labute approximate surface area is 105 Å². The minimum absolute atomic E-state index is 0.0207. The highest BCUT2D eigenvalue weighted by molar-refractivity contribution is 5.85. The lowest BCUT2D eigenvalue weighted by atomic mass is 9.97. The number of carbonyl (C=O) groups is 1. The van der Waals surface area contributed by atoms with Crippen molar-refractivity contribution in [3.05, 3.63) is 40.3 Å². The quantitative estimate of drug-likeness (QED) is 0.724. The van der Waals surface area contributed by atoms with E-state index in [0.29, 0.717) is 6.54 Å². The molecular formula is C13H15N3O2. The number of aromatic nitrogens is 1. The van der Waals surface area contributed by atoms with Crippen LogP contribution in [0.25, 0.3) is 5.57 Å². The molecule has 1 saturated heterocycles. The van der Waals surface area contributed by atoms with Gasteiger partial charge in [0.25, 0.3) is 0 Å². The van der Waals surface area contributed by atoms with Crippen LogP contribution in [0.3, 0.4) is 0 Å². The predicted octanol–water partition coefficient (Wildman–Crippen LogP) is 0.518. The van der Waals surface area contributed by atoms with Crippen molar-refractivity contribution < 1.29 is 4.79 Å². The van der Waals surface area contributed by atoms with Gasteiger partial charge in [0.1, 0.15) is 0 Å². The van der Waals surface area contributed by atoms with Crippen molar-refractivity contribution >= 4 is 11.6 Å². The van der Waals surface area contributed by atoms with E-state index in [1.807, 2.05) is 24.2 Å². The van der Waals surface area contributed by atoms with Crippen LogP contribution >= 0.6 is 0 Å². The molecule has 3 rings (SSSR count). The molecule has 2 amide bonds. The van der Waals surface area contributed by atoms with E-state index in [0.717, 1.165) is 17.7 Å². The van der Waals surface area contributed by atoms with Crippen molar-refractivity contribution in [1.82, 2.24) is 14.4 Å². The number of nitrogens with zero attached hydrogens (tertiary/aromatic N) is 3. The summed E-state index contributed by atoms with van der Waals surface area (Å²) < 4.78 is 1.57. The Balaban J connectivity index is 2.02. The maximum absolute atomic E-state index is 11.8. The number of pyridine rings is 1. The largest absolute Gasteiger partial charge is 0.320 e. The molecule has 1 fully saturated rings. The minimum atomic E-state index is -0.0207. The maximum atomic E-state index is 11.8. The van der Waals surface area contributed by atoms with Gasteiger partial charge in [0, 0.05) is 39.4 Å². The minimum Gasteiger partial charge on any atom is -0.319 e. The van der Waals surface area contributed by atoms with Crippen LogP contribution in [0.15, 0.2) is 29.2 Å². The highest BCUT2D eigenvalue weighted by Gasteiger charge is 2.39. The average Bonchev–Trinajstić information content (AvgIpc) is 2.59. The Hall–Kier alpha value is -2.04. The molecule has 0 spiro atoms. The molecular weight excluding hydrogens is 230 g/mol. The van der Waals surface area contributed by atoms with Crippen molar-refractivity contribution in [3.8, 4) is 0 Å². The zero-order valence-corrected chi connectivity index (χ0v) is 10.5. The van der Waals surface area contributed by atoms with Crippen LogP contribution in [0.1, 0.15) is 5.56 Å². The van der Waals surface area contributed by atoms with Crippen LogP contribution in [0.4, 0.5) is 4.79 Å². The Morgan fingerprint density at radius 1 is 1.22 bits per heavy atom. The molecule has 94 valence electrons. The Morgan fingerprint density at radius 3 is 2.72 bits per heavy atom. The molecule has 2 aliphatic heterocycles. The van der Waals surface area contributed by atoms with Gasteiger partial charge in [0.05, 0.1) is 6.04 Å². The van der Waals surface area contributed by atoms with E-state index in [1.54, 1.807) is 22.6 Å². The van der Waals surface area contributed by atoms with Gasteiger partial charge < -0.3 is 14.4 Å². The third-order valence-electron chi connectivity index (χ3n) is 3.74. The van der Waals surface area contributed by atoms with Gasteiger partial charge in [-0.15, -0.1) is 0 Å². The summed E-state index contributed by atoms with van der Waals surface area (Å²) in [6.45, 7) is 1.39. The fraction of sp³-hybridized carbons (Fsp3) is 0.385. The second-order valence-corrected chi connectivity index (χ2v) is 4.84. The first kappa shape index (κ1) is 11.1. The van der Waals surface area contributed by atoms with Gasteiger partial charge in [0.2, 0.25) is 5.56 Å². The van der Waals surface area contributed by atoms with E-state index < -0.39 is 0 Å². The van der Waals surface area contributed by atoms with Gasteiger partial charge in [-0.1, -0.05) is 6.08 Å². The Bertz CT molecular complexity index is 602. The molecule has 1 aromatic rings. The van der Waals surface area contributed by atoms with Crippen molar-refractivity contribution in [2.24, 2.45) is 7.05 Å². The molecule has 0 aliphatic carbocycles. The molecule has 1 atom stereocenters. The average molecular weight is 245 g/mol. The standard InChI is InChI=1S/C13H15N3O2/c1-14-7-9(3-4-12(14)17)10-5-6-16-8-11(10)15(2)13(16)18/h3-5,7,11H,6,8H2,1-2H3. The fourth-order valence-corrected chi connectivity index (χ4v) is 2.64. The van der Waals surface area contributed by atoms with Gasteiger partial charge in [-0.2, -0.15) is 0 Å².